The minimum Gasteiger partial charge on any atom is -0.381 e. The summed E-state index contributed by atoms with van der Waals surface area (Å²) in [5.74, 6) is 0.686. The van der Waals surface area contributed by atoms with Gasteiger partial charge in [0.1, 0.15) is 0 Å². The van der Waals surface area contributed by atoms with Crippen LogP contribution in [0.3, 0.4) is 0 Å². The lowest BCUT2D eigenvalue weighted by Crippen LogP contribution is -2.15. The summed E-state index contributed by atoms with van der Waals surface area (Å²) in [6, 6.07) is 0.828. The Balaban J connectivity index is 1.56. The normalized spacial score (nSPS) is 30.2. The van der Waals surface area contributed by atoms with Gasteiger partial charge in [-0.25, -0.2) is 0 Å². The minimum atomic E-state index is 0.686. The fourth-order valence-corrected chi connectivity index (χ4v) is 1.49. The van der Waals surface area contributed by atoms with Gasteiger partial charge in [0.2, 0.25) is 0 Å². The molecule has 0 radical (unpaired) electrons. The third-order valence-electron chi connectivity index (χ3n) is 2.47. The molecule has 2 aliphatic rings. The van der Waals surface area contributed by atoms with Gasteiger partial charge < -0.3 is 10.1 Å². The second-order valence-electron chi connectivity index (χ2n) is 3.73. The van der Waals surface area contributed by atoms with E-state index in [2.05, 4.69) is 17.5 Å². The molecule has 1 aliphatic heterocycles. The Hall–Kier alpha value is -0.340. The monoisotopic (exact) mass is 167 g/mol. The molecule has 2 heteroatoms. The van der Waals surface area contributed by atoms with Crippen LogP contribution in [0.25, 0.3) is 0 Å². The number of rotatable bonds is 4. The molecule has 0 spiro atoms. The first-order valence-corrected chi connectivity index (χ1v) is 4.93. The van der Waals surface area contributed by atoms with Crippen LogP contribution in [0.15, 0.2) is 12.2 Å². The quantitative estimate of drug-likeness (QED) is 0.638. The highest BCUT2D eigenvalue weighted by atomic mass is 16.5. The molecule has 0 aromatic rings. The Morgan fingerprint density at radius 1 is 1.33 bits per heavy atom. The average molecular weight is 167 g/mol. The zero-order chi connectivity index (χ0) is 8.23. The van der Waals surface area contributed by atoms with Crippen LogP contribution < -0.4 is 5.32 Å². The number of hydrogen-bond acceptors (Lipinski definition) is 2. The van der Waals surface area contributed by atoms with E-state index in [0.717, 1.165) is 25.8 Å². The first-order valence-electron chi connectivity index (χ1n) is 4.93. The van der Waals surface area contributed by atoms with E-state index in [-0.39, 0.29) is 0 Å². The zero-order valence-corrected chi connectivity index (χ0v) is 7.46. The van der Waals surface area contributed by atoms with E-state index in [4.69, 9.17) is 4.74 Å². The van der Waals surface area contributed by atoms with E-state index in [1.54, 1.807) is 0 Å². The molecule has 2 rings (SSSR count). The molecule has 1 saturated heterocycles. The van der Waals surface area contributed by atoms with Crippen molar-refractivity contribution >= 4 is 0 Å². The van der Waals surface area contributed by atoms with Crippen LogP contribution in [0.4, 0.5) is 0 Å². The van der Waals surface area contributed by atoms with E-state index in [9.17, 15) is 0 Å². The lowest BCUT2D eigenvalue weighted by atomic mass is 10.1. The predicted octanol–water partition coefficient (Wildman–Crippen LogP) is 1.33. The highest BCUT2D eigenvalue weighted by molar-refractivity contribution is 4.93. The Labute approximate surface area is 74.0 Å². The standard InChI is InChI=1S/C10H17NO/c1(6-11-10-3-4-10)2-9-5-7-12-8-9/h1-2,9-11H,3-8H2. The molecular weight excluding hydrogens is 150 g/mol. The largest absolute Gasteiger partial charge is 0.381 e. The molecule has 12 heavy (non-hydrogen) atoms. The van der Waals surface area contributed by atoms with Gasteiger partial charge in [-0.1, -0.05) is 12.2 Å². The molecular formula is C10H17NO. The van der Waals surface area contributed by atoms with E-state index in [1.165, 1.54) is 19.3 Å². The molecule has 1 atom stereocenters. The summed E-state index contributed by atoms with van der Waals surface area (Å²) in [5.41, 5.74) is 0. The molecule has 0 bridgehead atoms. The second-order valence-corrected chi connectivity index (χ2v) is 3.73. The van der Waals surface area contributed by atoms with Gasteiger partial charge in [0.25, 0.3) is 0 Å². The van der Waals surface area contributed by atoms with E-state index >= 15 is 0 Å². The van der Waals surface area contributed by atoms with Crippen molar-refractivity contribution in [3.05, 3.63) is 12.2 Å². The van der Waals surface area contributed by atoms with Crippen molar-refractivity contribution < 1.29 is 4.74 Å². The van der Waals surface area contributed by atoms with Gasteiger partial charge in [-0.3, -0.25) is 0 Å². The van der Waals surface area contributed by atoms with Crippen LogP contribution in [-0.2, 0) is 4.74 Å². The molecule has 1 heterocycles. The fraction of sp³-hybridized carbons (Fsp3) is 0.800. The molecule has 1 aliphatic carbocycles. The number of ether oxygens (including phenoxy) is 1. The lowest BCUT2D eigenvalue weighted by molar-refractivity contribution is 0.191. The molecule has 2 nitrogen and oxygen atoms in total. The van der Waals surface area contributed by atoms with Gasteiger partial charge in [0, 0.05) is 25.1 Å². The highest BCUT2D eigenvalue weighted by Crippen LogP contribution is 2.18. The van der Waals surface area contributed by atoms with Crippen LogP contribution in [-0.4, -0.2) is 25.8 Å². The average Bonchev–Trinajstić information content (AvgIpc) is 2.76. The number of nitrogens with one attached hydrogen (secondary N) is 1. The van der Waals surface area contributed by atoms with Gasteiger partial charge in [-0.2, -0.15) is 0 Å². The van der Waals surface area contributed by atoms with E-state index in [0.29, 0.717) is 5.92 Å². The molecule has 68 valence electrons. The number of hydrogen-bond donors (Lipinski definition) is 1. The Morgan fingerprint density at radius 3 is 2.92 bits per heavy atom. The van der Waals surface area contributed by atoms with Gasteiger partial charge in [-0.05, 0) is 19.3 Å². The molecule has 1 N–H and O–H groups in total. The van der Waals surface area contributed by atoms with E-state index in [1.807, 2.05) is 0 Å². The first-order chi connectivity index (χ1) is 5.95. The van der Waals surface area contributed by atoms with Crippen LogP contribution in [0.1, 0.15) is 19.3 Å². The maximum Gasteiger partial charge on any atom is 0.0529 e. The van der Waals surface area contributed by atoms with Crippen LogP contribution in [0.5, 0.6) is 0 Å². The summed E-state index contributed by atoms with van der Waals surface area (Å²) >= 11 is 0. The van der Waals surface area contributed by atoms with Gasteiger partial charge in [0.15, 0.2) is 0 Å². The van der Waals surface area contributed by atoms with Crippen LogP contribution in [0.2, 0.25) is 0 Å². The zero-order valence-electron chi connectivity index (χ0n) is 7.46. The molecule has 1 saturated carbocycles. The van der Waals surface area contributed by atoms with Crippen molar-refractivity contribution in [3.63, 3.8) is 0 Å². The first kappa shape index (κ1) is 8.27. The summed E-state index contributed by atoms with van der Waals surface area (Å²) in [6.07, 6.45) is 8.50. The Kier molecular flexibility index (Phi) is 2.79. The van der Waals surface area contributed by atoms with Crippen molar-refractivity contribution in [2.75, 3.05) is 19.8 Å². The highest BCUT2D eigenvalue weighted by Gasteiger charge is 2.19. The van der Waals surface area contributed by atoms with Crippen molar-refractivity contribution in [3.8, 4) is 0 Å². The van der Waals surface area contributed by atoms with Crippen molar-refractivity contribution in [2.45, 2.75) is 25.3 Å². The molecule has 0 amide bonds. The summed E-state index contributed by atoms with van der Waals surface area (Å²) in [5, 5.41) is 3.45. The summed E-state index contributed by atoms with van der Waals surface area (Å²) in [7, 11) is 0. The predicted molar refractivity (Wildman–Crippen MR) is 49.1 cm³/mol. The lowest BCUT2D eigenvalue weighted by Gasteiger charge is -1.99. The maximum absolute atomic E-state index is 5.28. The van der Waals surface area contributed by atoms with Crippen molar-refractivity contribution in [1.29, 1.82) is 0 Å². The smallest absolute Gasteiger partial charge is 0.0529 e. The summed E-state index contributed by atoms with van der Waals surface area (Å²) in [4.78, 5) is 0. The SMILES string of the molecule is C(=CC1CCOC1)CNC1CC1. The third kappa shape index (κ3) is 2.61. The van der Waals surface area contributed by atoms with Crippen LogP contribution in [0, 0.1) is 5.92 Å². The van der Waals surface area contributed by atoms with Crippen molar-refractivity contribution in [1.82, 2.24) is 5.32 Å². The van der Waals surface area contributed by atoms with Gasteiger partial charge >= 0.3 is 0 Å². The molecule has 0 aromatic heterocycles. The molecule has 2 fully saturated rings. The van der Waals surface area contributed by atoms with Gasteiger partial charge in [0.05, 0.1) is 6.61 Å². The topological polar surface area (TPSA) is 21.3 Å². The van der Waals surface area contributed by atoms with E-state index < -0.39 is 0 Å². The van der Waals surface area contributed by atoms with Gasteiger partial charge in [-0.15, -0.1) is 0 Å². The third-order valence-corrected chi connectivity index (χ3v) is 2.47. The molecule has 0 aromatic carbocycles. The van der Waals surface area contributed by atoms with Crippen molar-refractivity contribution in [2.24, 2.45) is 5.92 Å². The molecule has 1 unspecified atom stereocenters. The Morgan fingerprint density at radius 2 is 2.25 bits per heavy atom. The maximum atomic E-state index is 5.28. The fourth-order valence-electron chi connectivity index (χ4n) is 1.49. The summed E-state index contributed by atoms with van der Waals surface area (Å²) in [6.45, 7) is 2.92. The summed E-state index contributed by atoms with van der Waals surface area (Å²) < 4.78 is 5.28. The van der Waals surface area contributed by atoms with Crippen LogP contribution >= 0.6 is 0 Å². The second kappa shape index (κ2) is 4.06. The Bertz CT molecular complexity index is 157. The minimum absolute atomic E-state index is 0.686.